The van der Waals surface area contributed by atoms with Crippen molar-refractivity contribution in [3.05, 3.63) is 59.4 Å². The number of aromatic nitrogens is 1. The SMILES string of the molecule is Cc1ccc(C(=O)NCCN2CCOCC2)c(C2CCN(C(=O)COc3ccccc3)CC2)n1. The van der Waals surface area contributed by atoms with E-state index < -0.39 is 0 Å². The molecule has 2 fully saturated rings. The Kier molecular flexibility index (Phi) is 8.49. The molecule has 1 aromatic carbocycles. The van der Waals surface area contributed by atoms with Crippen LogP contribution in [0, 0.1) is 6.92 Å². The predicted molar refractivity (Wildman–Crippen MR) is 129 cm³/mol. The molecule has 0 atom stereocenters. The van der Waals surface area contributed by atoms with E-state index in [2.05, 4.69) is 10.2 Å². The smallest absolute Gasteiger partial charge is 0.260 e. The number of rotatable bonds is 8. The highest BCUT2D eigenvalue weighted by atomic mass is 16.5. The van der Waals surface area contributed by atoms with Crippen molar-refractivity contribution in [1.29, 1.82) is 0 Å². The minimum absolute atomic E-state index is 0.0133. The van der Waals surface area contributed by atoms with Gasteiger partial charge in [0, 0.05) is 50.9 Å². The van der Waals surface area contributed by atoms with Crippen molar-refractivity contribution < 1.29 is 19.1 Å². The molecule has 2 amide bonds. The fraction of sp³-hybridized carbons (Fsp3) is 0.500. The Morgan fingerprint density at radius 2 is 1.79 bits per heavy atom. The van der Waals surface area contributed by atoms with Gasteiger partial charge < -0.3 is 19.7 Å². The Balaban J connectivity index is 1.30. The number of likely N-dealkylation sites (tertiary alicyclic amines) is 1. The van der Waals surface area contributed by atoms with Gasteiger partial charge >= 0.3 is 0 Å². The Hall–Kier alpha value is -2.97. The number of piperidine rings is 1. The van der Waals surface area contributed by atoms with Crippen LogP contribution in [0.2, 0.25) is 0 Å². The number of pyridine rings is 1. The molecule has 0 spiro atoms. The zero-order valence-corrected chi connectivity index (χ0v) is 19.9. The molecule has 2 aliphatic rings. The molecule has 1 aromatic heterocycles. The number of carbonyl (C=O) groups is 2. The highest BCUT2D eigenvalue weighted by Crippen LogP contribution is 2.29. The molecule has 0 aliphatic carbocycles. The molecular formula is C26H34N4O4. The second kappa shape index (κ2) is 11.9. The number of morpholine rings is 1. The number of benzene rings is 1. The first-order valence-electron chi connectivity index (χ1n) is 12.1. The van der Waals surface area contributed by atoms with Crippen molar-refractivity contribution in [2.24, 2.45) is 0 Å². The van der Waals surface area contributed by atoms with E-state index in [0.29, 0.717) is 30.9 Å². The largest absolute Gasteiger partial charge is 0.484 e. The minimum Gasteiger partial charge on any atom is -0.484 e. The monoisotopic (exact) mass is 466 g/mol. The van der Waals surface area contributed by atoms with Crippen LogP contribution in [-0.4, -0.2) is 85.7 Å². The van der Waals surface area contributed by atoms with E-state index in [0.717, 1.165) is 57.1 Å². The van der Waals surface area contributed by atoms with Crippen LogP contribution in [0.1, 0.15) is 40.5 Å². The highest BCUT2D eigenvalue weighted by molar-refractivity contribution is 5.95. The summed E-state index contributed by atoms with van der Waals surface area (Å²) in [5, 5.41) is 3.06. The summed E-state index contributed by atoms with van der Waals surface area (Å²) in [7, 11) is 0. The molecule has 8 nitrogen and oxygen atoms in total. The molecule has 8 heteroatoms. The van der Waals surface area contributed by atoms with Crippen LogP contribution in [-0.2, 0) is 9.53 Å². The first kappa shape index (κ1) is 24.2. The van der Waals surface area contributed by atoms with E-state index in [1.807, 2.05) is 54.3 Å². The third kappa shape index (κ3) is 6.55. The number of nitrogens with one attached hydrogen (secondary N) is 1. The maximum absolute atomic E-state index is 13.0. The van der Waals surface area contributed by atoms with Crippen molar-refractivity contribution in [2.75, 3.05) is 59.1 Å². The zero-order valence-electron chi connectivity index (χ0n) is 19.9. The minimum atomic E-state index is -0.0782. The Labute approximate surface area is 201 Å². The third-order valence-corrected chi connectivity index (χ3v) is 6.47. The molecule has 2 aliphatic heterocycles. The van der Waals surface area contributed by atoms with Crippen LogP contribution in [0.3, 0.4) is 0 Å². The van der Waals surface area contributed by atoms with Crippen LogP contribution in [0.5, 0.6) is 5.75 Å². The zero-order chi connectivity index (χ0) is 23.8. The van der Waals surface area contributed by atoms with Crippen LogP contribution < -0.4 is 10.1 Å². The lowest BCUT2D eigenvalue weighted by atomic mass is 9.89. The summed E-state index contributed by atoms with van der Waals surface area (Å²) in [5.74, 6) is 0.754. The summed E-state index contributed by atoms with van der Waals surface area (Å²) < 4.78 is 11.0. The first-order valence-corrected chi connectivity index (χ1v) is 12.1. The van der Waals surface area contributed by atoms with Gasteiger partial charge in [0.2, 0.25) is 0 Å². The van der Waals surface area contributed by atoms with E-state index >= 15 is 0 Å². The molecule has 0 unspecified atom stereocenters. The van der Waals surface area contributed by atoms with Crippen LogP contribution in [0.25, 0.3) is 0 Å². The van der Waals surface area contributed by atoms with Gasteiger partial charge in [-0.3, -0.25) is 19.5 Å². The van der Waals surface area contributed by atoms with Crippen molar-refractivity contribution in [3.63, 3.8) is 0 Å². The Bertz CT molecular complexity index is 955. The van der Waals surface area contributed by atoms with Crippen molar-refractivity contribution in [1.82, 2.24) is 20.1 Å². The molecule has 0 radical (unpaired) electrons. The van der Waals surface area contributed by atoms with Gasteiger partial charge in [-0.2, -0.15) is 0 Å². The number of aryl methyl sites for hydroxylation is 1. The van der Waals surface area contributed by atoms with Crippen LogP contribution >= 0.6 is 0 Å². The summed E-state index contributed by atoms with van der Waals surface area (Å²) in [6.07, 6.45) is 1.56. The number of nitrogens with zero attached hydrogens (tertiary/aromatic N) is 3. The molecular weight excluding hydrogens is 432 g/mol. The molecule has 34 heavy (non-hydrogen) atoms. The topological polar surface area (TPSA) is 84.0 Å². The summed E-state index contributed by atoms with van der Waals surface area (Å²) >= 11 is 0. The standard InChI is InChI=1S/C26H34N4O4/c1-20-7-8-23(26(32)27-11-14-29-15-17-33-18-16-29)25(28-20)21-9-12-30(13-10-21)24(31)19-34-22-5-3-2-4-6-22/h2-8,21H,9-19H2,1H3,(H,27,32). The molecule has 0 bridgehead atoms. The lowest BCUT2D eigenvalue weighted by Crippen LogP contribution is -2.42. The lowest BCUT2D eigenvalue weighted by molar-refractivity contribution is -0.134. The average molecular weight is 467 g/mol. The van der Waals surface area contributed by atoms with E-state index in [1.54, 1.807) is 0 Å². The summed E-state index contributed by atoms with van der Waals surface area (Å²) in [4.78, 5) is 34.5. The van der Waals surface area contributed by atoms with Gasteiger partial charge in [0.1, 0.15) is 5.75 Å². The number of amides is 2. The molecule has 2 aromatic rings. The number of para-hydroxylation sites is 1. The van der Waals surface area contributed by atoms with E-state index in [9.17, 15) is 9.59 Å². The van der Waals surface area contributed by atoms with Gasteiger partial charge in [0.15, 0.2) is 6.61 Å². The second-order valence-corrected chi connectivity index (χ2v) is 8.85. The summed E-state index contributed by atoms with van der Waals surface area (Å²) in [6.45, 7) is 7.97. The lowest BCUT2D eigenvalue weighted by Gasteiger charge is -2.32. The predicted octanol–water partition coefficient (Wildman–Crippen LogP) is 2.24. The molecule has 1 N–H and O–H groups in total. The number of carbonyl (C=O) groups excluding carboxylic acids is 2. The number of hydrogen-bond acceptors (Lipinski definition) is 6. The highest BCUT2D eigenvalue weighted by Gasteiger charge is 2.28. The second-order valence-electron chi connectivity index (χ2n) is 8.85. The van der Waals surface area contributed by atoms with Gasteiger partial charge in [-0.05, 0) is 44.0 Å². The van der Waals surface area contributed by atoms with E-state index in [4.69, 9.17) is 14.5 Å². The van der Waals surface area contributed by atoms with Crippen molar-refractivity contribution in [2.45, 2.75) is 25.7 Å². The fourth-order valence-electron chi connectivity index (χ4n) is 4.48. The summed E-state index contributed by atoms with van der Waals surface area (Å²) in [6, 6.07) is 13.1. The first-order chi connectivity index (χ1) is 16.6. The molecule has 182 valence electrons. The van der Waals surface area contributed by atoms with E-state index in [-0.39, 0.29) is 24.3 Å². The van der Waals surface area contributed by atoms with Crippen LogP contribution in [0.4, 0.5) is 0 Å². The van der Waals surface area contributed by atoms with Crippen molar-refractivity contribution >= 4 is 11.8 Å². The normalized spacial score (nSPS) is 17.4. The third-order valence-electron chi connectivity index (χ3n) is 6.47. The Morgan fingerprint density at radius 3 is 2.53 bits per heavy atom. The average Bonchev–Trinajstić information content (AvgIpc) is 2.88. The van der Waals surface area contributed by atoms with Gasteiger partial charge in [-0.25, -0.2) is 0 Å². The van der Waals surface area contributed by atoms with Gasteiger partial charge in [-0.1, -0.05) is 18.2 Å². The summed E-state index contributed by atoms with van der Waals surface area (Å²) in [5.41, 5.74) is 2.39. The molecule has 4 rings (SSSR count). The van der Waals surface area contributed by atoms with Gasteiger partial charge in [0.25, 0.3) is 11.8 Å². The number of ether oxygens (including phenoxy) is 2. The van der Waals surface area contributed by atoms with Gasteiger partial charge in [0.05, 0.1) is 24.5 Å². The van der Waals surface area contributed by atoms with Gasteiger partial charge in [-0.15, -0.1) is 0 Å². The quantitative estimate of drug-likeness (QED) is 0.643. The van der Waals surface area contributed by atoms with Crippen molar-refractivity contribution in [3.8, 4) is 5.75 Å². The maximum atomic E-state index is 13.0. The number of hydrogen-bond donors (Lipinski definition) is 1. The maximum Gasteiger partial charge on any atom is 0.260 e. The molecule has 3 heterocycles. The molecule has 0 saturated carbocycles. The van der Waals surface area contributed by atoms with Crippen LogP contribution in [0.15, 0.2) is 42.5 Å². The fourth-order valence-corrected chi connectivity index (χ4v) is 4.48. The Morgan fingerprint density at radius 1 is 1.06 bits per heavy atom. The molecule has 2 saturated heterocycles. The van der Waals surface area contributed by atoms with E-state index in [1.165, 1.54) is 0 Å².